The Balaban J connectivity index is 1.56. The number of benzene rings is 2. The molecule has 206 valence electrons. The summed E-state index contributed by atoms with van der Waals surface area (Å²) in [7, 11) is 0. The Bertz CT molecular complexity index is 1860. The smallest absolute Gasteiger partial charge is 0.418 e. The van der Waals surface area contributed by atoms with Gasteiger partial charge in [-0.2, -0.15) is 13.2 Å². The van der Waals surface area contributed by atoms with Crippen LogP contribution >= 0.6 is 11.3 Å². The van der Waals surface area contributed by atoms with Crippen LogP contribution in [0, 0.1) is 5.41 Å². The van der Waals surface area contributed by atoms with Gasteiger partial charge in [-0.05, 0) is 45.4 Å². The summed E-state index contributed by atoms with van der Waals surface area (Å²) in [5, 5.41) is 2.26. The Labute approximate surface area is 234 Å². The molecule has 0 saturated carbocycles. The number of hydrogen-bond donors (Lipinski definition) is 0. The van der Waals surface area contributed by atoms with Crippen molar-refractivity contribution in [2.24, 2.45) is 5.41 Å². The summed E-state index contributed by atoms with van der Waals surface area (Å²) < 4.78 is 56.2. The molecule has 0 saturated heterocycles. The highest BCUT2D eigenvalue weighted by molar-refractivity contribution is 7.23. The minimum atomic E-state index is -4.59. The summed E-state index contributed by atoms with van der Waals surface area (Å²) in [6.07, 6.45) is -2.43. The molecule has 4 heterocycles. The molecule has 40 heavy (non-hydrogen) atoms. The first kappa shape index (κ1) is 26.6. The second-order valence-corrected chi connectivity index (χ2v) is 13.6. The van der Waals surface area contributed by atoms with Crippen molar-refractivity contribution in [2.45, 2.75) is 59.6 Å². The third-order valence-corrected chi connectivity index (χ3v) is 8.25. The van der Waals surface area contributed by atoms with Crippen molar-refractivity contribution in [1.82, 2.24) is 4.98 Å². The number of nitrogens with zero attached hydrogens (tertiary/aromatic N) is 1. The van der Waals surface area contributed by atoms with Crippen molar-refractivity contribution in [2.75, 3.05) is 0 Å². The second-order valence-electron chi connectivity index (χ2n) is 12.6. The van der Waals surface area contributed by atoms with E-state index in [-0.39, 0.29) is 26.9 Å². The Kier molecular flexibility index (Phi) is 5.97. The monoisotopic (exact) mass is 561 g/mol. The number of rotatable bonds is 3. The van der Waals surface area contributed by atoms with Gasteiger partial charge in [-0.25, -0.2) is 0 Å². The molecule has 0 aliphatic heterocycles. The van der Waals surface area contributed by atoms with E-state index in [0.29, 0.717) is 28.0 Å². The third-order valence-electron chi connectivity index (χ3n) is 7.02. The average molecular weight is 562 g/mol. The average Bonchev–Trinajstić information content (AvgIpc) is 3.52. The van der Waals surface area contributed by atoms with Crippen molar-refractivity contribution in [3.63, 3.8) is 0 Å². The lowest BCUT2D eigenvalue weighted by atomic mass is 9.82. The first-order valence-corrected chi connectivity index (χ1v) is 14.1. The van der Waals surface area contributed by atoms with Gasteiger partial charge < -0.3 is 8.83 Å². The second kappa shape index (κ2) is 8.96. The zero-order chi connectivity index (χ0) is 28.6. The molecule has 0 aliphatic carbocycles. The number of thiophene rings is 1. The van der Waals surface area contributed by atoms with Gasteiger partial charge in [-0.1, -0.05) is 65.8 Å². The standard InChI is InChI=1S/C33H30F3NO2S/c1-31(2,3)17-20-15-24-25(38-20)16-26(39-24)30-27(33(34,35)36)22-11-12-37-28(29(22)40-30)19-13-18-9-7-8-10-21(18)23(14-19)32(4,5)6/h7-16H,17H2,1-6H3. The van der Waals surface area contributed by atoms with Crippen LogP contribution in [0.3, 0.4) is 0 Å². The van der Waals surface area contributed by atoms with Crippen molar-refractivity contribution < 1.29 is 22.0 Å². The van der Waals surface area contributed by atoms with E-state index < -0.39 is 11.7 Å². The zero-order valence-electron chi connectivity index (χ0n) is 23.3. The third kappa shape index (κ3) is 4.70. The van der Waals surface area contributed by atoms with Crippen LogP contribution in [0.15, 0.2) is 69.6 Å². The fraction of sp³-hybridized carbons (Fsp3) is 0.303. The molecule has 3 nitrogen and oxygen atoms in total. The number of halogens is 3. The van der Waals surface area contributed by atoms with Crippen molar-refractivity contribution in [3.8, 4) is 21.9 Å². The minimum absolute atomic E-state index is 0.00604. The highest BCUT2D eigenvalue weighted by atomic mass is 32.1. The fourth-order valence-corrected chi connectivity index (χ4v) is 6.64. The molecule has 6 rings (SSSR count). The summed E-state index contributed by atoms with van der Waals surface area (Å²) in [6, 6.07) is 17.0. The van der Waals surface area contributed by atoms with Crippen LogP contribution in [-0.2, 0) is 18.0 Å². The van der Waals surface area contributed by atoms with E-state index in [4.69, 9.17) is 8.83 Å². The van der Waals surface area contributed by atoms with Gasteiger partial charge in [-0.15, -0.1) is 11.3 Å². The molecule has 0 atom stereocenters. The molecular weight excluding hydrogens is 531 g/mol. The molecule has 4 aromatic heterocycles. The molecule has 6 aromatic rings. The number of fused-ring (bicyclic) bond motifs is 3. The summed E-state index contributed by atoms with van der Waals surface area (Å²) in [6.45, 7) is 12.7. The number of pyridine rings is 1. The minimum Gasteiger partial charge on any atom is -0.457 e. The largest absolute Gasteiger partial charge is 0.457 e. The predicted octanol–water partition coefficient (Wildman–Crippen LogP) is 11.0. The van der Waals surface area contributed by atoms with Crippen LogP contribution in [0.5, 0.6) is 0 Å². The van der Waals surface area contributed by atoms with Crippen LogP contribution in [0.1, 0.15) is 58.4 Å². The van der Waals surface area contributed by atoms with Gasteiger partial charge >= 0.3 is 6.18 Å². The van der Waals surface area contributed by atoms with E-state index in [9.17, 15) is 13.2 Å². The number of hydrogen-bond acceptors (Lipinski definition) is 4. The van der Waals surface area contributed by atoms with Gasteiger partial charge in [0.25, 0.3) is 0 Å². The predicted molar refractivity (Wildman–Crippen MR) is 157 cm³/mol. The van der Waals surface area contributed by atoms with Crippen LogP contribution in [-0.4, -0.2) is 4.98 Å². The lowest BCUT2D eigenvalue weighted by Crippen LogP contribution is -2.12. The number of alkyl halides is 3. The topological polar surface area (TPSA) is 39.2 Å². The fourth-order valence-electron chi connectivity index (χ4n) is 5.36. The molecule has 0 bridgehead atoms. The molecule has 0 aliphatic rings. The molecule has 0 unspecified atom stereocenters. The number of furan rings is 2. The molecule has 0 amide bonds. The van der Waals surface area contributed by atoms with Gasteiger partial charge in [0, 0.05) is 35.7 Å². The maximum Gasteiger partial charge on any atom is 0.418 e. The van der Waals surface area contributed by atoms with Crippen molar-refractivity contribution >= 4 is 43.4 Å². The van der Waals surface area contributed by atoms with E-state index >= 15 is 0 Å². The van der Waals surface area contributed by atoms with E-state index in [1.165, 1.54) is 12.3 Å². The van der Waals surface area contributed by atoms with Crippen LogP contribution < -0.4 is 0 Å². The Morgan fingerprint density at radius 3 is 2.23 bits per heavy atom. The lowest BCUT2D eigenvalue weighted by molar-refractivity contribution is -0.135. The van der Waals surface area contributed by atoms with Crippen molar-refractivity contribution in [1.29, 1.82) is 0 Å². The summed E-state index contributed by atoms with van der Waals surface area (Å²) in [5.41, 5.74) is 2.45. The summed E-state index contributed by atoms with van der Waals surface area (Å²) in [4.78, 5) is 4.63. The molecule has 7 heteroatoms. The first-order valence-electron chi connectivity index (χ1n) is 13.2. The van der Waals surface area contributed by atoms with Gasteiger partial charge in [0.1, 0.15) is 11.5 Å². The molecule has 0 fully saturated rings. The lowest BCUT2D eigenvalue weighted by Gasteiger charge is -2.22. The quantitative estimate of drug-likeness (QED) is 0.216. The van der Waals surface area contributed by atoms with Crippen LogP contribution in [0.4, 0.5) is 13.2 Å². The van der Waals surface area contributed by atoms with Gasteiger partial charge in [-0.3, -0.25) is 4.98 Å². The highest BCUT2D eigenvalue weighted by Crippen LogP contribution is 2.50. The van der Waals surface area contributed by atoms with Crippen LogP contribution in [0.25, 0.3) is 53.9 Å². The molecule has 2 aromatic carbocycles. The highest BCUT2D eigenvalue weighted by Gasteiger charge is 2.39. The molecule has 0 radical (unpaired) electrons. The van der Waals surface area contributed by atoms with Gasteiger partial charge in [0.2, 0.25) is 0 Å². The normalized spacial score (nSPS) is 13.2. The first-order chi connectivity index (χ1) is 18.7. The SMILES string of the molecule is CC(C)(C)Cc1cc2oc(-c3sc4c(-c5cc(C(C)(C)C)c6ccccc6c5)nccc4c3C(F)(F)F)cc2o1. The summed E-state index contributed by atoms with van der Waals surface area (Å²) in [5.74, 6) is 0.891. The van der Waals surface area contributed by atoms with E-state index in [2.05, 4.69) is 58.7 Å². The van der Waals surface area contributed by atoms with E-state index in [1.54, 1.807) is 12.1 Å². The number of aromatic nitrogens is 1. The molecule has 0 N–H and O–H groups in total. The van der Waals surface area contributed by atoms with Gasteiger partial charge in [0.15, 0.2) is 11.2 Å². The molecule has 0 spiro atoms. The maximum atomic E-state index is 14.6. The Morgan fingerprint density at radius 2 is 1.55 bits per heavy atom. The molecular formula is C33H30F3NO2S. The maximum absolute atomic E-state index is 14.6. The van der Waals surface area contributed by atoms with E-state index in [0.717, 1.165) is 39.0 Å². The Morgan fingerprint density at radius 1 is 0.825 bits per heavy atom. The van der Waals surface area contributed by atoms with E-state index in [1.807, 2.05) is 24.3 Å². The zero-order valence-corrected chi connectivity index (χ0v) is 24.1. The van der Waals surface area contributed by atoms with Crippen molar-refractivity contribution in [3.05, 3.63) is 77.7 Å². The Hall–Kier alpha value is -3.58. The van der Waals surface area contributed by atoms with Crippen LogP contribution in [0.2, 0.25) is 0 Å². The van der Waals surface area contributed by atoms with Gasteiger partial charge in [0.05, 0.1) is 20.8 Å². The summed E-state index contributed by atoms with van der Waals surface area (Å²) >= 11 is 1.06.